The fourth-order valence-corrected chi connectivity index (χ4v) is 2.91. The normalized spacial score (nSPS) is 25.8. The Bertz CT molecular complexity index is 746. The molecule has 4 heteroatoms. The molecule has 2 aromatic carbocycles. The molecule has 0 bridgehead atoms. The monoisotopic (exact) mass is 288 g/mol. The molecule has 108 valence electrons. The van der Waals surface area contributed by atoms with E-state index in [1.165, 1.54) is 0 Å². The smallest absolute Gasteiger partial charge is 0.148 e. The first kappa shape index (κ1) is 14.0. The van der Waals surface area contributed by atoms with Gasteiger partial charge in [-0.1, -0.05) is 36.4 Å². The van der Waals surface area contributed by atoms with Crippen molar-refractivity contribution in [2.24, 2.45) is 0 Å². The Hall–Kier alpha value is -2.98. The lowest BCUT2D eigenvalue weighted by Gasteiger charge is -2.37. The van der Waals surface area contributed by atoms with Gasteiger partial charge in [0.05, 0.1) is 23.5 Å². The predicted molar refractivity (Wildman–Crippen MR) is 86.1 cm³/mol. The van der Waals surface area contributed by atoms with Crippen LogP contribution in [0.25, 0.3) is 0 Å². The standard InChI is InChI=1S/C18H16N4/c1-17(11-19)13-7-3-4-8-14(13)18(2,12-20)22-16-10-6-5-9-15(16)21-17/h3-10,21-22H,1-2H3. The SMILES string of the molecule is CC1(C#N)Nc2ccccc2NC(C)(C#N)c2ccccc21. The van der Waals surface area contributed by atoms with Crippen LogP contribution in [0.1, 0.15) is 25.0 Å². The summed E-state index contributed by atoms with van der Waals surface area (Å²) in [7, 11) is 0. The highest BCUT2D eigenvalue weighted by Crippen LogP contribution is 2.40. The number of benzene rings is 2. The van der Waals surface area contributed by atoms with Crippen molar-refractivity contribution in [2.45, 2.75) is 24.9 Å². The van der Waals surface area contributed by atoms with Crippen molar-refractivity contribution in [3.05, 3.63) is 59.7 Å². The molecule has 1 heterocycles. The Labute approximate surface area is 130 Å². The second-order valence-electron chi connectivity index (χ2n) is 5.81. The summed E-state index contributed by atoms with van der Waals surface area (Å²) in [6, 6.07) is 19.9. The number of anilines is 2. The van der Waals surface area contributed by atoms with Crippen molar-refractivity contribution in [3.8, 4) is 12.1 Å². The van der Waals surface area contributed by atoms with Gasteiger partial charge in [0.2, 0.25) is 0 Å². The molecule has 0 aromatic heterocycles. The zero-order chi connectivity index (χ0) is 15.8. The summed E-state index contributed by atoms with van der Waals surface area (Å²) >= 11 is 0. The van der Waals surface area contributed by atoms with Gasteiger partial charge in [-0.25, -0.2) is 0 Å². The topological polar surface area (TPSA) is 71.6 Å². The first-order chi connectivity index (χ1) is 10.5. The van der Waals surface area contributed by atoms with Crippen molar-refractivity contribution in [3.63, 3.8) is 0 Å². The van der Waals surface area contributed by atoms with Crippen LogP contribution in [0.15, 0.2) is 48.5 Å². The molecule has 22 heavy (non-hydrogen) atoms. The lowest BCUT2D eigenvalue weighted by Crippen LogP contribution is -2.40. The van der Waals surface area contributed by atoms with Gasteiger partial charge in [-0.2, -0.15) is 10.5 Å². The molecule has 4 nitrogen and oxygen atoms in total. The van der Waals surface area contributed by atoms with Crippen LogP contribution < -0.4 is 10.6 Å². The first-order valence-corrected chi connectivity index (χ1v) is 7.10. The lowest BCUT2D eigenvalue weighted by atomic mass is 9.80. The minimum Gasteiger partial charge on any atom is -0.362 e. The van der Waals surface area contributed by atoms with E-state index in [1.807, 2.05) is 62.4 Å². The van der Waals surface area contributed by atoms with Gasteiger partial charge in [-0.15, -0.1) is 0 Å². The van der Waals surface area contributed by atoms with E-state index in [1.54, 1.807) is 0 Å². The van der Waals surface area contributed by atoms with E-state index >= 15 is 0 Å². The highest BCUT2D eigenvalue weighted by Gasteiger charge is 2.39. The molecule has 1 aliphatic rings. The third-order valence-corrected chi connectivity index (χ3v) is 4.15. The van der Waals surface area contributed by atoms with Crippen LogP contribution in [-0.4, -0.2) is 0 Å². The minimum absolute atomic E-state index is 0.808. The van der Waals surface area contributed by atoms with Crippen LogP contribution in [0.3, 0.4) is 0 Å². The molecule has 0 amide bonds. The maximum atomic E-state index is 9.77. The van der Waals surface area contributed by atoms with Crippen LogP contribution in [0.2, 0.25) is 0 Å². The third-order valence-electron chi connectivity index (χ3n) is 4.15. The number of rotatable bonds is 0. The van der Waals surface area contributed by atoms with E-state index in [0.717, 1.165) is 22.5 Å². The number of hydrogen-bond donors (Lipinski definition) is 2. The van der Waals surface area contributed by atoms with Crippen molar-refractivity contribution >= 4 is 11.4 Å². The van der Waals surface area contributed by atoms with Gasteiger partial charge in [0.15, 0.2) is 0 Å². The lowest BCUT2D eigenvalue weighted by molar-refractivity contribution is 0.630. The van der Waals surface area contributed by atoms with Crippen molar-refractivity contribution in [1.29, 1.82) is 10.5 Å². The molecule has 0 radical (unpaired) electrons. The second kappa shape index (κ2) is 4.79. The molecular weight excluding hydrogens is 272 g/mol. The van der Waals surface area contributed by atoms with Gasteiger partial charge >= 0.3 is 0 Å². The summed E-state index contributed by atoms with van der Waals surface area (Å²) in [5.74, 6) is 0. The van der Waals surface area contributed by atoms with E-state index in [2.05, 4.69) is 22.8 Å². The Morgan fingerprint density at radius 2 is 1.09 bits per heavy atom. The predicted octanol–water partition coefficient (Wildman–Crippen LogP) is 3.70. The average Bonchev–Trinajstić information content (AvgIpc) is 2.55. The Morgan fingerprint density at radius 1 is 0.727 bits per heavy atom. The first-order valence-electron chi connectivity index (χ1n) is 7.10. The zero-order valence-corrected chi connectivity index (χ0v) is 12.5. The molecule has 2 atom stereocenters. The average molecular weight is 288 g/mol. The summed E-state index contributed by atoms with van der Waals surface area (Å²) in [4.78, 5) is 0. The van der Waals surface area contributed by atoms with Gasteiger partial charge < -0.3 is 10.6 Å². The summed E-state index contributed by atoms with van der Waals surface area (Å²) in [5.41, 5.74) is 1.41. The summed E-state index contributed by atoms with van der Waals surface area (Å²) < 4.78 is 0. The Balaban J connectivity index is 2.33. The fourth-order valence-electron chi connectivity index (χ4n) is 2.91. The maximum absolute atomic E-state index is 9.77. The van der Waals surface area contributed by atoms with Crippen molar-refractivity contribution in [1.82, 2.24) is 0 Å². The summed E-state index contributed by atoms with van der Waals surface area (Å²) in [6.07, 6.45) is 0. The summed E-state index contributed by atoms with van der Waals surface area (Å²) in [6.45, 7) is 3.68. The molecule has 3 rings (SSSR count). The van der Waals surface area contributed by atoms with Crippen LogP contribution >= 0.6 is 0 Å². The molecule has 2 N–H and O–H groups in total. The number of nitrogens with zero attached hydrogens (tertiary/aromatic N) is 2. The maximum Gasteiger partial charge on any atom is 0.148 e. The Kier molecular flexibility index (Phi) is 3.04. The van der Waals surface area contributed by atoms with Crippen LogP contribution in [0.4, 0.5) is 11.4 Å². The largest absolute Gasteiger partial charge is 0.362 e. The number of nitriles is 2. The molecule has 0 aliphatic carbocycles. The molecule has 0 fully saturated rings. The highest BCUT2D eigenvalue weighted by atomic mass is 15.1. The van der Waals surface area contributed by atoms with Crippen molar-refractivity contribution < 1.29 is 0 Å². The molecule has 2 unspecified atom stereocenters. The molecule has 0 saturated carbocycles. The zero-order valence-electron chi connectivity index (χ0n) is 12.5. The molecule has 0 saturated heterocycles. The molecule has 1 aliphatic heterocycles. The van der Waals surface area contributed by atoms with Crippen LogP contribution in [-0.2, 0) is 11.1 Å². The third kappa shape index (κ3) is 1.98. The Morgan fingerprint density at radius 3 is 1.45 bits per heavy atom. The van der Waals surface area contributed by atoms with Gasteiger partial charge in [0, 0.05) is 0 Å². The molecule has 0 spiro atoms. The van der Waals surface area contributed by atoms with Crippen LogP contribution in [0, 0.1) is 22.7 Å². The minimum atomic E-state index is -0.910. The van der Waals surface area contributed by atoms with E-state index < -0.39 is 11.1 Å². The molecule has 2 aromatic rings. The quantitative estimate of drug-likeness (QED) is 0.775. The highest BCUT2D eigenvalue weighted by molar-refractivity contribution is 5.74. The fraction of sp³-hybridized carbons (Fsp3) is 0.222. The van der Waals surface area contributed by atoms with E-state index in [4.69, 9.17) is 0 Å². The van der Waals surface area contributed by atoms with Crippen molar-refractivity contribution in [2.75, 3.05) is 10.6 Å². The number of hydrogen-bond acceptors (Lipinski definition) is 4. The van der Waals surface area contributed by atoms with E-state index in [0.29, 0.717) is 0 Å². The summed E-state index contributed by atoms with van der Waals surface area (Å²) in [5, 5.41) is 26.2. The second-order valence-corrected chi connectivity index (χ2v) is 5.81. The molecular formula is C18H16N4. The van der Waals surface area contributed by atoms with Gasteiger partial charge in [-0.05, 0) is 37.1 Å². The number of fused-ring (bicyclic) bond motifs is 2. The van der Waals surface area contributed by atoms with Gasteiger partial charge in [-0.3, -0.25) is 0 Å². The number of para-hydroxylation sites is 2. The van der Waals surface area contributed by atoms with Gasteiger partial charge in [0.25, 0.3) is 0 Å². The van der Waals surface area contributed by atoms with Crippen LogP contribution in [0.5, 0.6) is 0 Å². The van der Waals surface area contributed by atoms with E-state index in [9.17, 15) is 10.5 Å². The number of nitrogens with one attached hydrogen (secondary N) is 2. The van der Waals surface area contributed by atoms with E-state index in [-0.39, 0.29) is 0 Å². The van der Waals surface area contributed by atoms with Gasteiger partial charge in [0.1, 0.15) is 11.1 Å².